The van der Waals surface area contributed by atoms with E-state index in [1.165, 1.54) is 6.20 Å². The second kappa shape index (κ2) is 3.75. The van der Waals surface area contributed by atoms with Crippen LogP contribution in [0.5, 0.6) is 0 Å². The maximum Gasteiger partial charge on any atom is 0.141 e. The van der Waals surface area contributed by atoms with Gasteiger partial charge in [-0.25, -0.2) is 4.99 Å². The summed E-state index contributed by atoms with van der Waals surface area (Å²) in [6.07, 6.45) is 1.34. The topological polar surface area (TPSA) is 12.4 Å². The highest BCUT2D eigenvalue weighted by atomic mass is 35.5. The molecule has 0 aliphatic rings. The van der Waals surface area contributed by atoms with Gasteiger partial charge < -0.3 is 0 Å². The summed E-state index contributed by atoms with van der Waals surface area (Å²) in [5, 5.41) is 0.281. The molecule has 0 amide bonds. The van der Waals surface area contributed by atoms with Gasteiger partial charge in [0.25, 0.3) is 0 Å². The van der Waals surface area contributed by atoms with E-state index in [1.807, 2.05) is 0 Å². The predicted octanol–water partition coefficient (Wildman–Crippen LogP) is 2.21. The quantitative estimate of drug-likeness (QED) is 0.454. The smallest absolute Gasteiger partial charge is 0.141 e. The van der Waals surface area contributed by atoms with E-state index in [1.54, 1.807) is 0 Å². The number of allylic oxidation sites excluding steroid dienone is 1. The second-order valence-electron chi connectivity index (χ2n) is 1.05. The van der Waals surface area contributed by atoms with Gasteiger partial charge in [-0.1, -0.05) is 24.8 Å². The minimum Gasteiger partial charge on any atom is -0.244 e. The predicted molar refractivity (Wildman–Crippen MR) is 41.6 cm³/mol. The van der Waals surface area contributed by atoms with Crippen molar-refractivity contribution in [3.63, 3.8) is 0 Å². The molecule has 0 saturated heterocycles. The number of thiol groups is 1. The molecule has 0 radical (unpaired) electrons. The Morgan fingerprint density at radius 3 is 2.38 bits per heavy atom. The zero-order valence-electron chi connectivity index (χ0n) is 4.26. The number of hydrogen-bond acceptors (Lipinski definition) is 2. The molecule has 3 heteroatoms. The van der Waals surface area contributed by atoms with Gasteiger partial charge in [-0.2, -0.15) is 0 Å². The number of aliphatic imine (C=N–C) groups is 1. The van der Waals surface area contributed by atoms with Crippen LogP contribution in [0.2, 0.25) is 0 Å². The fourth-order valence-electron chi connectivity index (χ4n) is 0.155. The summed E-state index contributed by atoms with van der Waals surface area (Å²) in [6, 6.07) is 0. The first-order valence-electron chi connectivity index (χ1n) is 1.91. The molecule has 1 nitrogen and oxygen atoms in total. The van der Waals surface area contributed by atoms with Crippen molar-refractivity contribution in [1.29, 1.82) is 0 Å². The van der Waals surface area contributed by atoms with Crippen molar-refractivity contribution in [1.82, 2.24) is 0 Å². The Kier molecular flexibility index (Phi) is 3.65. The van der Waals surface area contributed by atoms with E-state index < -0.39 is 0 Å². The third-order valence-corrected chi connectivity index (χ3v) is 1.11. The molecule has 0 heterocycles. The van der Waals surface area contributed by atoms with Crippen molar-refractivity contribution in [2.24, 2.45) is 4.99 Å². The third kappa shape index (κ3) is 2.88. The summed E-state index contributed by atoms with van der Waals surface area (Å²) in [7, 11) is 0. The minimum atomic E-state index is 0.281. The van der Waals surface area contributed by atoms with Crippen molar-refractivity contribution < 1.29 is 0 Å². The van der Waals surface area contributed by atoms with Gasteiger partial charge in [-0.3, -0.25) is 0 Å². The molecule has 0 fully saturated rings. The number of rotatable bonds is 2. The lowest BCUT2D eigenvalue weighted by atomic mass is 10.7. The first-order chi connectivity index (χ1) is 3.68. The summed E-state index contributed by atoms with van der Waals surface area (Å²) in [5.41, 5.74) is 0. The highest BCUT2D eigenvalue weighted by molar-refractivity contribution is 7.86. The van der Waals surface area contributed by atoms with Gasteiger partial charge in [0.1, 0.15) is 5.17 Å². The summed E-state index contributed by atoms with van der Waals surface area (Å²) in [5.74, 6) is 0. The molecule has 0 bridgehead atoms. The van der Waals surface area contributed by atoms with Crippen molar-refractivity contribution in [3.05, 3.63) is 24.3 Å². The van der Waals surface area contributed by atoms with Gasteiger partial charge >= 0.3 is 0 Å². The molecule has 0 spiro atoms. The van der Waals surface area contributed by atoms with Crippen LogP contribution in [0.15, 0.2) is 29.3 Å². The lowest BCUT2D eigenvalue weighted by molar-refractivity contribution is 1.62. The molecule has 0 rings (SSSR count). The van der Waals surface area contributed by atoms with E-state index in [9.17, 15) is 0 Å². The molecule has 44 valence electrons. The average molecular weight is 148 g/mol. The second-order valence-corrected chi connectivity index (χ2v) is 1.95. The molecular weight excluding hydrogens is 142 g/mol. The monoisotopic (exact) mass is 147 g/mol. The number of nitrogens with zero attached hydrogens (tertiary/aromatic N) is 1. The summed E-state index contributed by atoms with van der Waals surface area (Å²) in [4.78, 5) is 4.04. The lowest BCUT2D eigenvalue weighted by Crippen LogP contribution is -1.80. The van der Waals surface area contributed by atoms with E-state index in [0.29, 0.717) is 4.91 Å². The van der Waals surface area contributed by atoms with Gasteiger partial charge in [-0.15, -0.1) is 12.6 Å². The number of hydrogen-bond donors (Lipinski definition) is 1. The van der Waals surface area contributed by atoms with Crippen LogP contribution in [0.4, 0.5) is 0 Å². The fourth-order valence-corrected chi connectivity index (χ4v) is 0.281. The van der Waals surface area contributed by atoms with Crippen molar-refractivity contribution >= 4 is 29.4 Å². The van der Waals surface area contributed by atoms with Gasteiger partial charge in [0.05, 0.1) is 0 Å². The van der Waals surface area contributed by atoms with E-state index in [4.69, 9.17) is 11.6 Å². The molecule has 0 atom stereocenters. The molecule has 8 heavy (non-hydrogen) atoms. The average Bonchev–Trinajstić information content (AvgIpc) is 1.67. The van der Waals surface area contributed by atoms with Gasteiger partial charge in [0.15, 0.2) is 0 Å². The molecular formula is C5H6ClNS. The Bertz CT molecular complexity index is 139. The van der Waals surface area contributed by atoms with E-state index >= 15 is 0 Å². The molecule has 0 unspecified atom stereocenters. The van der Waals surface area contributed by atoms with Crippen LogP contribution in [0.3, 0.4) is 0 Å². The van der Waals surface area contributed by atoms with Gasteiger partial charge in [-0.05, 0) is 0 Å². The zero-order chi connectivity index (χ0) is 6.57. The molecule has 0 aromatic carbocycles. The first kappa shape index (κ1) is 7.79. The Labute approximate surface area is 59.2 Å². The van der Waals surface area contributed by atoms with Crippen LogP contribution in [0.25, 0.3) is 0 Å². The Morgan fingerprint density at radius 2 is 2.25 bits per heavy atom. The van der Waals surface area contributed by atoms with Gasteiger partial charge in [0.2, 0.25) is 0 Å². The summed E-state index contributed by atoms with van der Waals surface area (Å²) >= 11 is 9.24. The Hall–Kier alpha value is -0.210. The maximum atomic E-state index is 5.42. The normalized spacial score (nSPS) is 11.0. The van der Waals surface area contributed by atoms with Crippen LogP contribution in [-0.2, 0) is 0 Å². The Morgan fingerprint density at radius 1 is 1.75 bits per heavy atom. The SMILES string of the molecule is C=CN=C(Cl)C(=C)S. The standard InChI is InChI=1S/C5H6ClNS/c1-3-7-5(6)4(2)8/h3,8H,1-2H2. The van der Waals surface area contributed by atoms with Crippen LogP contribution in [-0.4, -0.2) is 5.17 Å². The summed E-state index contributed by atoms with van der Waals surface area (Å²) in [6.45, 7) is 6.76. The maximum absolute atomic E-state index is 5.42. The van der Waals surface area contributed by atoms with Crippen LogP contribution < -0.4 is 0 Å². The fraction of sp³-hybridized carbons (Fsp3) is 0. The van der Waals surface area contributed by atoms with E-state index in [2.05, 4.69) is 30.8 Å². The molecule has 0 aromatic heterocycles. The highest BCUT2D eigenvalue weighted by Crippen LogP contribution is 2.03. The largest absolute Gasteiger partial charge is 0.244 e. The third-order valence-electron chi connectivity index (χ3n) is 0.443. The van der Waals surface area contributed by atoms with Crippen LogP contribution in [0.1, 0.15) is 0 Å². The summed E-state index contributed by atoms with van der Waals surface area (Å²) < 4.78 is 0. The highest BCUT2D eigenvalue weighted by Gasteiger charge is 1.89. The van der Waals surface area contributed by atoms with E-state index in [-0.39, 0.29) is 5.17 Å². The Balaban J connectivity index is 3.99. The first-order valence-corrected chi connectivity index (χ1v) is 2.73. The molecule has 0 aliphatic heterocycles. The van der Waals surface area contributed by atoms with Crippen LogP contribution >= 0.6 is 24.2 Å². The minimum absolute atomic E-state index is 0.281. The van der Waals surface area contributed by atoms with Crippen molar-refractivity contribution in [2.75, 3.05) is 0 Å². The molecule has 0 saturated carbocycles. The van der Waals surface area contributed by atoms with Gasteiger partial charge in [0, 0.05) is 11.1 Å². The number of halogens is 1. The van der Waals surface area contributed by atoms with E-state index in [0.717, 1.165) is 0 Å². The molecule has 0 N–H and O–H groups in total. The van der Waals surface area contributed by atoms with Crippen LogP contribution in [0, 0.1) is 0 Å². The molecule has 0 aliphatic carbocycles. The van der Waals surface area contributed by atoms with Crippen molar-refractivity contribution in [2.45, 2.75) is 0 Å². The molecule has 0 aromatic rings. The zero-order valence-corrected chi connectivity index (χ0v) is 5.91. The van der Waals surface area contributed by atoms with Crippen molar-refractivity contribution in [3.8, 4) is 0 Å². The lowest BCUT2D eigenvalue weighted by Gasteiger charge is -1.87.